The van der Waals surface area contributed by atoms with Crippen molar-refractivity contribution in [1.82, 2.24) is 19.7 Å². The highest BCUT2D eigenvalue weighted by Crippen LogP contribution is 2.26. The smallest absolute Gasteiger partial charge is 0.257 e. The maximum absolute atomic E-state index is 13.4. The topological polar surface area (TPSA) is 76.0 Å². The number of halogens is 1. The van der Waals surface area contributed by atoms with Gasteiger partial charge in [0.15, 0.2) is 0 Å². The van der Waals surface area contributed by atoms with Crippen molar-refractivity contribution in [3.05, 3.63) is 67.8 Å². The van der Waals surface area contributed by atoms with Crippen LogP contribution in [-0.2, 0) is 29.1 Å². The molecule has 192 valence electrons. The van der Waals surface area contributed by atoms with Crippen LogP contribution >= 0.6 is 22.9 Å². The lowest BCUT2D eigenvalue weighted by molar-refractivity contribution is 0.0346. The minimum absolute atomic E-state index is 0.175. The number of fused-ring (bicyclic) bond motifs is 1. The van der Waals surface area contributed by atoms with Gasteiger partial charge in [-0.05, 0) is 23.8 Å². The van der Waals surface area contributed by atoms with Crippen LogP contribution in [0, 0.1) is 0 Å². The van der Waals surface area contributed by atoms with Crippen molar-refractivity contribution >= 4 is 39.1 Å². The van der Waals surface area contributed by atoms with Crippen LogP contribution in [0.5, 0.6) is 0 Å². The number of carbonyl (C=O) groups excluding carboxylic acids is 1. The van der Waals surface area contributed by atoms with Gasteiger partial charge in [0, 0.05) is 68.5 Å². The molecule has 2 saturated heterocycles. The Kier molecular flexibility index (Phi) is 8.36. The number of benzene rings is 1. The van der Waals surface area contributed by atoms with Crippen molar-refractivity contribution in [3.8, 4) is 0 Å². The largest absolute Gasteiger partial charge is 0.379 e. The molecule has 0 atom stereocenters. The van der Waals surface area contributed by atoms with Crippen molar-refractivity contribution in [2.75, 3.05) is 59.2 Å². The molecule has 10 heteroatoms. The van der Waals surface area contributed by atoms with Gasteiger partial charge in [-0.3, -0.25) is 19.4 Å². The van der Waals surface area contributed by atoms with Gasteiger partial charge in [0.25, 0.3) is 5.91 Å². The highest BCUT2D eigenvalue weighted by Gasteiger charge is 2.20. The zero-order valence-electron chi connectivity index (χ0n) is 20.2. The first-order valence-corrected chi connectivity index (χ1v) is 13.5. The standard InChI is InChI=1S/C26H31ClN4O4S/c27-20-3-1-19(2-4-20)16-28-25(33)23-18-31(6-5-29-7-11-34-12-8-29)26-22(24(23)32)15-21(36-26)17-30-9-13-35-14-10-30/h1-4,15,18H,5-14,16-17H2,(H,28,33). The average molecular weight is 531 g/mol. The van der Waals surface area contributed by atoms with Gasteiger partial charge in [-0.25, -0.2) is 0 Å². The number of nitrogens with zero attached hydrogens (tertiary/aromatic N) is 3. The molecule has 3 aromatic rings. The van der Waals surface area contributed by atoms with Gasteiger partial charge in [-0.1, -0.05) is 23.7 Å². The summed E-state index contributed by atoms with van der Waals surface area (Å²) in [7, 11) is 0. The van der Waals surface area contributed by atoms with E-state index in [1.807, 2.05) is 18.2 Å². The van der Waals surface area contributed by atoms with E-state index in [2.05, 4.69) is 19.7 Å². The lowest BCUT2D eigenvalue weighted by atomic mass is 10.1. The Hall–Kier alpha value is -2.27. The van der Waals surface area contributed by atoms with E-state index in [1.54, 1.807) is 29.7 Å². The van der Waals surface area contributed by atoms with Crippen molar-refractivity contribution in [2.45, 2.75) is 19.6 Å². The number of hydrogen-bond donors (Lipinski definition) is 1. The SMILES string of the molecule is O=C(NCc1ccc(Cl)cc1)c1cn(CCN2CCOCC2)c2sc(CN3CCOCC3)cc2c1=O. The zero-order chi connectivity index (χ0) is 24.9. The van der Waals surface area contributed by atoms with E-state index in [0.717, 1.165) is 81.0 Å². The van der Waals surface area contributed by atoms with Gasteiger partial charge in [0.2, 0.25) is 5.43 Å². The molecule has 0 spiro atoms. The van der Waals surface area contributed by atoms with Gasteiger partial charge < -0.3 is 19.4 Å². The highest BCUT2D eigenvalue weighted by molar-refractivity contribution is 7.18. The molecule has 4 heterocycles. The Bertz CT molecular complexity index is 1250. The number of nitrogens with one attached hydrogen (secondary N) is 1. The van der Waals surface area contributed by atoms with Crippen molar-refractivity contribution in [3.63, 3.8) is 0 Å². The average Bonchev–Trinajstić information content (AvgIpc) is 3.33. The molecule has 2 aliphatic rings. The molecule has 0 saturated carbocycles. The third-order valence-corrected chi connectivity index (χ3v) is 8.06. The highest BCUT2D eigenvalue weighted by atomic mass is 35.5. The maximum Gasteiger partial charge on any atom is 0.257 e. The van der Waals surface area contributed by atoms with E-state index in [-0.39, 0.29) is 16.9 Å². The van der Waals surface area contributed by atoms with Gasteiger partial charge in [-0.15, -0.1) is 11.3 Å². The Morgan fingerprint density at radius 3 is 2.33 bits per heavy atom. The predicted molar refractivity (Wildman–Crippen MR) is 142 cm³/mol. The van der Waals surface area contributed by atoms with Crippen LogP contribution in [0.3, 0.4) is 0 Å². The number of thiophene rings is 1. The van der Waals surface area contributed by atoms with Gasteiger partial charge >= 0.3 is 0 Å². The van der Waals surface area contributed by atoms with Crippen molar-refractivity contribution < 1.29 is 14.3 Å². The molecule has 2 fully saturated rings. The number of carbonyl (C=O) groups is 1. The van der Waals surface area contributed by atoms with Gasteiger partial charge in [0.1, 0.15) is 10.4 Å². The molecule has 36 heavy (non-hydrogen) atoms. The number of hydrogen-bond acceptors (Lipinski definition) is 7. The molecule has 0 bridgehead atoms. The quantitative estimate of drug-likeness (QED) is 0.483. The van der Waals surface area contributed by atoms with E-state index in [1.165, 1.54) is 0 Å². The summed E-state index contributed by atoms with van der Waals surface area (Å²) in [5.41, 5.74) is 0.879. The van der Waals surface area contributed by atoms with Crippen LogP contribution < -0.4 is 10.7 Å². The molecule has 5 rings (SSSR count). The molecule has 1 N–H and O–H groups in total. The summed E-state index contributed by atoms with van der Waals surface area (Å²) in [6.45, 7) is 9.13. The van der Waals surface area contributed by atoms with Gasteiger partial charge in [0.05, 0.1) is 31.8 Å². The third-order valence-electron chi connectivity index (χ3n) is 6.65. The lowest BCUT2D eigenvalue weighted by Gasteiger charge is -2.27. The minimum Gasteiger partial charge on any atom is -0.379 e. The summed E-state index contributed by atoms with van der Waals surface area (Å²) >= 11 is 7.61. The van der Waals surface area contributed by atoms with Crippen molar-refractivity contribution in [2.24, 2.45) is 0 Å². The maximum atomic E-state index is 13.4. The number of ether oxygens (including phenoxy) is 2. The molecular weight excluding hydrogens is 500 g/mol. The first-order valence-electron chi connectivity index (χ1n) is 12.4. The van der Waals surface area contributed by atoms with E-state index in [9.17, 15) is 9.59 Å². The number of aromatic nitrogens is 1. The molecular formula is C26H31ClN4O4S. The Balaban J connectivity index is 1.40. The second-order valence-electron chi connectivity index (χ2n) is 9.15. The number of amides is 1. The number of rotatable bonds is 8. The van der Waals surface area contributed by atoms with Crippen LogP contribution in [0.4, 0.5) is 0 Å². The zero-order valence-corrected chi connectivity index (χ0v) is 21.8. The molecule has 0 unspecified atom stereocenters. The summed E-state index contributed by atoms with van der Waals surface area (Å²) in [4.78, 5) is 33.3. The number of morpholine rings is 2. The van der Waals surface area contributed by atoms with Crippen LogP contribution in [-0.4, -0.2) is 79.4 Å². The Morgan fingerprint density at radius 1 is 0.972 bits per heavy atom. The number of pyridine rings is 1. The van der Waals surface area contributed by atoms with E-state index in [0.29, 0.717) is 23.5 Å². The minimum atomic E-state index is -0.363. The van der Waals surface area contributed by atoms with Crippen LogP contribution in [0.1, 0.15) is 20.8 Å². The molecule has 2 aromatic heterocycles. The first-order chi connectivity index (χ1) is 17.6. The van der Waals surface area contributed by atoms with E-state index >= 15 is 0 Å². The monoisotopic (exact) mass is 530 g/mol. The lowest BCUT2D eigenvalue weighted by Crippen LogP contribution is -2.38. The summed E-state index contributed by atoms with van der Waals surface area (Å²) in [5.74, 6) is -0.363. The molecule has 0 aliphatic carbocycles. The molecule has 8 nitrogen and oxygen atoms in total. The summed E-state index contributed by atoms with van der Waals surface area (Å²) in [6, 6.07) is 9.27. The van der Waals surface area contributed by atoms with E-state index < -0.39 is 0 Å². The molecule has 1 amide bonds. The van der Waals surface area contributed by atoms with Crippen molar-refractivity contribution in [1.29, 1.82) is 0 Å². The predicted octanol–water partition coefficient (Wildman–Crippen LogP) is 2.81. The van der Waals surface area contributed by atoms with Gasteiger partial charge in [-0.2, -0.15) is 0 Å². The summed E-state index contributed by atoms with van der Waals surface area (Å²) < 4.78 is 13.0. The Morgan fingerprint density at radius 2 is 1.64 bits per heavy atom. The Labute approximate surface area is 219 Å². The normalized spacial score (nSPS) is 17.5. The van der Waals surface area contributed by atoms with E-state index in [4.69, 9.17) is 21.1 Å². The first kappa shape index (κ1) is 25.4. The second kappa shape index (κ2) is 11.9. The second-order valence-corrected chi connectivity index (χ2v) is 10.7. The fraction of sp³-hybridized carbons (Fsp3) is 0.462. The summed E-state index contributed by atoms with van der Waals surface area (Å²) in [6.07, 6.45) is 1.73. The van der Waals surface area contributed by atoms with Crippen LogP contribution in [0.2, 0.25) is 5.02 Å². The van der Waals surface area contributed by atoms with Crippen LogP contribution in [0.15, 0.2) is 41.3 Å². The molecule has 0 radical (unpaired) electrons. The van der Waals surface area contributed by atoms with Crippen LogP contribution in [0.25, 0.3) is 10.2 Å². The molecule has 2 aliphatic heterocycles. The fourth-order valence-corrected chi connectivity index (χ4v) is 5.89. The molecule has 1 aromatic carbocycles. The summed E-state index contributed by atoms with van der Waals surface area (Å²) in [5, 5.41) is 4.16. The third kappa shape index (κ3) is 6.16. The fourth-order valence-electron chi connectivity index (χ4n) is 4.56.